The quantitative estimate of drug-likeness (QED) is 0.621. The van der Waals surface area contributed by atoms with Crippen LogP contribution in [0.3, 0.4) is 0 Å². The van der Waals surface area contributed by atoms with Crippen molar-refractivity contribution in [2.45, 2.75) is 50.3 Å². The predicted molar refractivity (Wildman–Crippen MR) is 56.0 cm³/mol. The van der Waals surface area contributed by atoms with Crippen LogP contribution in [0.2, 0.25) is 0 Å². The Morgan fingerprint density at radius 1 is 1.00 bits per heavy atom. The Kier molecular flexibility index (Phi) is 2.12. The first-order chi connectivity index (χ1) is 6.94. The van der Waals surface area contributed by atoms with Gasteiger partial charge in [-0.3, -0.25) is 0 Å². The number of alkyl halides is 3. The monoisotopic (exact) mass is 234 g/mol. The summed E-state index contributed by atoms with van der Waals surface area (Å²) < 4.78 is 26.0. The van der Waals surface area contributed by atoms with E-state index in [0.717, 1.165) is 37.0 Å². The number of halogens is 3. The summed E-state index contributed by atoms with van der Waals surface area (Å²) in [5.74, 6) is 2.20. The molecule has 0 heterocycles. The lowest BCUT2D eigenvalue weighted by molar-refractivity contribution is -0.0914. The fourth-order valence-electron chi connectivity index (χ4n) is 4.93. The van der Waals surface area contributed by atoms with Gasteiger partial charge in [-0.1, -0.05) is 0 Å². The van der Waals surface area contributed by atoms with Gasteiger partial charge in [-0.15, -0.1) is 0 Å². The highest BCUT2D eigenvalue weighted by Crippen LogP contribution is 2.62. The smallest absolute Gasteiger partial charge is 0.188 e. The van der Waals surface area contributed by atoms with Gasteiger partial charge >= 0.3 is 5.38 Å². The summed E-state index contributed by atoms with van der Waals surface area (Å²) in [5, 5.41) is -2.98. The second kappa shape index (κ2) is 3.09. The van der Waals surface area contributed by atoms with E-state index in [-0.39, 0.29) is 11.8 Å². The normalized spacial score (nSPS) is 48.6. The van der Waals surface area contributed by atoms with E-state index < -0.39 is 5.38 Å². The van der Waals surface area contributed by atoms with Crippen molar-refractivity contribution in [3.8, 4) is 0 Å². The first-order valence-electron chi connectivity index (χ1n) is 6.01. The molecule has 4 saturated carbocycles. The van der Waals surface area contributed by atoms with Gasteiger partial charge in [-0.2, -0.15) is 8.78 Å². The van der Waals surface area contributed by atoms with Crippen LogP contribution in [-0.4, -0.2) is 5.38 Å². The van der Waals surface area contributed by atoms with Gasteiger partial charge in [-0.05, 0) is 73.3 Å². The molecule has 86 valence electrons. The van der Waals surface area contributed by atoms with E-state index in [9.17, 15) is 8.78 Å². The maximum absolute atomic E-state index is 13.0. The van der Waals surface area contributed by atoms with Crippen LogP contribution in [0.1, 0.15) is 44.9 Å². The first kappa shape index (κ1) is 10.3. The third-order valence-electron chi connectivity index (χ3n) is 4.74. The molecule has 0 nitrogen and oxygen atoms in total. The fraction of sp³-hybridized carbons (Fsp3) is 1.00. The standard InChI is InChI=1S/C12H17ClF2/c13-12(14,15)7-11-4-8-1-9(5-11)3-10(2-8)6-11/h8-10H,1-7H2. The summed E-state index contributed by atoms with van der Waals surface area (Å²) in [5.41, 5.74) is -0.0972. The van der Waals surface area contributed by atoms with Crippen LogP contribution in [0, 0.1) is 23.2 Å². The van der Waals surface area contributed by atoms with Crippen LogP contribution in [0.4, 0.5) is 8.78 Å². The van der Waals surface area contributed by atoms with Gasteiger partial charge in [0.25, 0.3) is 0 Å². The average molecular weight is 235 g/mol. The fourth-order valence-corrected chi connectivity index (χ4v) is 5.22. The highest BCUT2D eigenvalue weighted by molar-refractivity contribution is 6.21. The van der Waals surface area contributed by atoms with Crippen molar-refractivity contribution in [1.29, 1.82) is 0 Å². The molecule has 15 heavy (non-hydrogen) atoms. The Bertz CT molecular complexity index is 234. The molecule has 3 heteroatoms. The van der Waals surface area contributed by atoms with Gasteiger partial charge in [0.1, 0.15) is 0 Å². The zero-order valence-corrected chi connectivity index (χ0v) is 9.57. The van der Waals surface area contributed by atoms with E-state index in [1.54, 1.807) is 0 Å². The molecule has 0 radical (unpaired) electrons. The minimum atomic E-state index is -2.98. The molecule has 0 spiro atoms. The topological polar surface area (TPSA) is 0 Å². The Balaban J connectivity index is 1.81. The molecule has 0 aromatic carbocycles. The van der Waals surface area contributed by atoms with E-state index in [1.807, 2.05) is 0 Å². The van der Waals surface area contributed by atoms with Crippen LogP contribution in [0.15, 0.2) is 0 Å². The molecule has 0 unspecified atom stereocenters. The molecule has 0 amide bonds. The van der Waals surface area contributed by atoms with E-state index >= 15 is 0 Å². The molecule has 0 saturated heterocycles. The van der Waals surface area contributed by atoms with Crippen molar-refractivity contribution in [2.24, 2.45) is 23.2 Å². The Labute approximate surface area is 94.4 Å². The SMILES string of the molecule is FC(F)(Cl)CC12CC3CC(CC(C3)C1)C2. The maximum Gasteiger partial charge on any atom is 0.322 e. The summed E-state index contributed by atoms with van der Waals surface area (Å²) in [7, 11) is 0. The second-order valence-corrected chi connectivity index (χ2v) is 6.76. The van der Waals surface area contributed by atoms with E-state index in [4.69, 9.17) is 11.6 Å². The summed E-state index contributed by atoms with van der Waals surface area (Å²) in [6.07, 6.45) is 6.86. The number of rotatable bonds is 2. The summed E-state index contributed by atoms with van der Waals surface area (Å²) in [4.78, 5) is 0. The predicted octanol–water partition coefficient (Wildman–Crippen LogP) is 4.42. The lowest BCUT2D eigenvalue weighted by Crippen LogP contribution is -2.47. The van der Waals surface area contributed by atoms with Crippen molar-refractivity contribution >= 4 is 11.6 Å². The molecule has 4 aliphatic carbocycles. The van der Waals surface area contributed by atoms with E-state index in [1.165, 1.54) is 19.3 Å². The van der Waals surface area contributed by atoms with Crippen molar-refractivity contribution in [1.82, 2.24) is 0 Å². The number of hydrogen-bond donors (Lipinski definition) is 0. The molecule has 4 aliphatic rings. The molecule has 0 N–H and O–H groups in total. The molecule has 0 aromatic rings. The van der Waals surface area contributed by atoms with Crippen LogP contribution in [0.25, 0.3) is 0 Å². The third-order valence-corrected chi connectivity index (χ3v) is 4.87. The molecule has 4 bridgehead atoms. The van der Waals surface area contributed by atoms with Gasteiger partial charge in [0.2, 0.25) is 0 Å². The Morgan fingerprint density at radius 2 is 1.40 bits per heavy atom. The van der Waals surface area contributed by atoms with Gasteiger partial charge in [-0.25, -0.2) is 0 Å². The average Bonchev–Trinajstić information content (AvgIpc) is 1.94. The number of hydrogen-bond acceptors (Lipinski definition) is 0. The molecule has 4 fully saturated rings. The largest absolute Gasteiger partial charge is 0.322 e. The van der Waals surface area contributed by atoms with Crippen molar-refractivity contribution in [3.05, 3.63) is 0 Å². The van der Waals surface area contributed by atoms with Crippen LogP contribution < -0.4 is 0 Å². The molecule has 4 rings (SSSR count). The van der Waals surface area contributed by atoms with Crippen molar-refractivity contribution in [3.63, 3.8) is 0 Å². The molecule has 0 atom stereocenters. The van der Waals surface area contributed by atoms with Crippen molar-refractivity contribution < 1.29 is 8.78 Å². The second-order valence-electron chi connectivity index (χ2n) is 6.21. The summed E-state index contributed by atoms with van der Waals surface area (Å²) >= 11 is 5.14. The molecular formula is C12H17ClF2. The lowest BCUT2D eigenvalue weighted by atomic mass is 9.49. The molecular weight excluding hydrogens is 218 g/mol. The molecule has 0 aromatic heterocycles. The van der Waals surface area contributed by atoms with Gasteiger partial charge in [0.15, 0.2) is 0 Å². The highest BCUT2D eigenvalue weighted by Gasteiger charge is 2.53. The Hall–Kier alpha value is 0.150. The van der Waals surface area contributed by atoms with E-state index in [0.29, 0.717) is 0 Å². The van der Waals surface area contributed by atoms with Crippen molar-refractivity contribution in [2.75, 3.05) is 0 Å². The van der Waals surface area contributed by atoms with Gasteiger partial charge in [0, 0.05) is 6.42 Å². The molecule has 0 aliphatic heterocycles. The highest BCUT2D eigenvalue weighted by atomic mass is 35.5. The zero-order valence-electron chi connectivity index (χ0n) is 8.82. The summed E-state index contributed by atoms with van der Waals surface area (Å²) in [6, 6.07) is 0. The Morgan fingerprint density at radius 3 is 1.73 bits per heavy atom. The minimum absolute atomic E-state index is 0.0783. The summed E-state index contributed by atoms with van der Waals surface area (Å²) in [6.45, 7) is 0. The maximum atomic E-state index is 13.0. The van der Waals surface area contributed by atoms with E-state index in [2.05, 4.69) is 0 Å². The lowest BCUT2D eigenvalue weighted by Gasteiger charge is -2.57. The van der Waals surface area contributed by atoms with Crippen LogP contribution in [-0.2, 0) is 0 Å². The minimum Gasteiger partial charge on any atom is -0.188 e. The zero-order chi connectivity index (χ0) is 10.7. The first-order valence-corrected chi connectivity index (χ1v) is 6.39. The third kappa shape index (κ3) is 1.90. The van der Waals surface area contributed by atoms with Gasteiger partial charge < -0.3 is 0 Å². The van der Waals surface area contributed by atoms with Gasteiger partial charge in [0.05, 0.1) is 0 Å². The van der Waals surface area contributed by atoms with Crippen LogP contribution in [0.5, 0.6) is 0 Å². The van der Waals surface area contributed by atoms with Crippen LogP contribution >= 0.6 is 11.6 Å².